The van der Waals surface area contributed by atoms with E-state index in [0.29, 0.717) is 35.5 Å². The van der Waals surface area contributed by atoms with E-state index in [1.807, 2.05) is 0 Å². The predicted octanol–water partition coefficient (Wildman–Crippen LogP) is 4.33. The maximum absolute atomic E-state index is 12.8. The fraction of sp³-hybridized carbons (Fsp3) is 0.391. The summed E-state index contributed by atoms with van der Waals surface area (Å²) in [5, 5.41) is 21.0. The van der Waals surface area contributed by atoms with Crippen molar-refractivity contribution in [3.8, 4) is 28.7 Å². The van der Waals surface area contributed by atoms with Crippen molar-refractivity contribution in [1.82, 2.24) is 4.90 Å². The summed E-state index contributed by atoms with van der Waals surface area (Å²) in [6.45, 7) is -0.263. The second-order valence-corrected chi connectivity index (χ2v) is 7.61. The summed E-state index contributed by atoms with van der Waals surface area (Å²) in [4.78, 5) is 25.1. The molecular weight excluding hydrogens is 398 g/mol. The quantitative estimate of drug-likeness (QED) is 0.485. The molecule has 1 saturated carbocycles. The number of nitro groups is 1. The van der Waals surface area contributed by atoms with Crippen molar-refractivity contribution in [3.05, 3.63) is 52.6 Å². The lowest BCUT2D eigenvalue weighted by molar-refractivity contribution is -0.384. The van der Waals surface area contributed by atoms with Crippen molar-refractivity contribution in [3.63, 3.8) is 0 Å². The number of methoxy groups -OCH3 is 1. The van der Waals surface area contributed by atoms with Gasteiger partial charge in [-0.25, -0.2) is 0 Å². The molecule has 1 aliphatic carbocycles. The molecule has 0 atom stereocenters. The maximum Gasteiger partial charge on any atom is 0.270 e. The van der Waals surface area contributed by atoms with Gasteiger partial charge in [0, 0.05) is 24.7 Å². The summed E-state index contributed by atoms with van der Waals surface area (Å²) >= 11 is 0. The van der Waals surface area contributed by atoms with E-state index >= 15 is 0 Å². The number of benzene rings is 2. The van der Waals surface area contributed by atoms with Crippen LogP contribution in [0.25, 0.3) is 11.1 Å². The highest BCUT2D eigenvalue weighted by molar-refractivity contribution is 5.80. The Morgan fingerprint density at radius 3 is 2.45 bits per heavy atom. The lowest BCUT2D eigenvalue weighted by Gasteiger charge is -2.38. The van der Waals surface area contributed by atoms with Crippen LogP contribution in [-0.2, 0) is 4.79 Å². The van der Waals surface area contributed by atoms with Crippen LogP contribution in [0.1, 0.15) is 32.1 Å². The molecule has 0 heterocycles. The third-order valence-electron chi connectivity index (χ3n) is 5.83. The van der Waals surface area contributed by atoms with Gasteiger partial charge in [-0.2, -0.15) is 5.26 Å². The molecule has 0 spiro atoms. The molecule has 8 heteroatoms. The van der Waals surface area contributed by atoms with Crippen LogP contribution >= 0.6 is 0 Å². The number of carbonyl (C=O) groups is 1. The van der Waals surface area contributed by atoms with Crippen molar-refractivity contribution >= 4 is 11.6 Å². The van der Waals surface area contributed by atoms with E-state index in [1.54, 1.807) is 38.4 Å². The van der Waals surface area contributed by atoms with E-state index in [-0.39, 0.29) is 18.2 Å². The molecule has 0 aliphatic heterocycles. The van der Waals surface area contributed by atoms with Gasteiger partial charge in [0.05, 0.1) is 18.1 Å². The van der Waals surface area contributed by atoms with Gasteiger partial charge >= 0.3 is 0 Å². The summed E-state index contributed by atoms with van der Waals surface area (Å²) in [6.07, 6.45) is 4.20. The molecule has 162 valence electrons. The van der Waals surface area contributed by atoms with Crippen molar-refractivity contribution in [2.45, 2.75) is 37.6 Å². The van der Waals surface area contributed by atoms with Crippen molar-refractivity contribution in [2.24, 2.45) is 0 Å². The maximum atomic E-state index is 12.8. The summed E-state index contributed by atoms with van der Waals surface area (Å²) in [5.74, 6) is 0.706. The molecule has 1 aliphatic rings. The lowest BCUT2D eigenvalue weighted by atomic mass is 9.81. The molecule has 8 nitrogen and oxygen atoms in total. The fourth-order valence-corrected chi connectivity index (χ4v) is 3.89. The van der Waals surface area contributed by atoms with E-state index in [0.717, 1.165) is 19.3 Å². The van der Waals surface area contributed by atoms with Crippen LogP contribution in [0.3, 0.4) is 0 Å². The van der Waals surface area contributed by atoms with Gasteiger partial charge in [-0.05, 0) is 36.6 Å². The van der Waals surface area contributed by atoms with Crippen molar-refractivity contribution in [2.75, 3.05) is 20.8 Å². The number of nitrogens with zero attached hydrogens (tertiary/aromatic N) is 3. The Morgan fingerprint density at radius 1 is 1.19 bits per heavy atom. The normalized spacial score (nSPS) is 14.9. The molecule has 0 radical (unpaired) electrons. The summed E-state index contributed by atoms with van der Waals surface area (Å²) in [5.41, 5.74) is 0.320. The summed E-state index contributed by atoms with van der Waals surface area (Å²) in [6, 6.07) is 13.6. The highest BCUT2D eigenvalue weighted by atomic mass is 16.6. The number of hydrogen-bond donors (Lipinski definition) is 0. The molecule has 2 aromatic carbocycles. The average Bonchev–Trinajstić information content (AvgIpc) is 2.82. The highest BCUT2D eigenvalue weighted by Crippen LogP contribution is 2.35. The molecule has 0 unspecified atom stereocenters. The van der Waals surface area contributed by atoms with E-state index in [4.69, 9.17) is 9.47 Å². The first-order chi connectivity index (χ1) is 14.9. The first kappa shape index (κ1) is 22.1. The Kier molecular flexibility index (Phi) is 6.75. The number of ether oxygens (including phenoxy) is 2. The SMILES string of the molecule is COc1ccc(-c2cc([N+](=O)[O-])ccc2OCC(=O)N(C)C2(C#N)CCCCC2)cc1. The minimum Gasteiger partial charge on any atom is -0.497 e. The number of likely N-dealkylation sites (N-methyl/N-ethyl adjacent to an activating group) is 1. The molecule has 1 fully saturated rings. The van der Waals surface area contributed by atoms with Crippen LogP contribution in [0, 0.1) is 21.4 Å². The van der Waals surface area contributed by atoms with E-state index in [2.05, 4.69) is 6.07 Å². The molecular formula is C23H25N3O5. The molecule has 1 amide bonds. The van der Waals surface area contributed by atoms with Crippen molar-refractivity contribution in [1.29, 1.82) is 5.26 Å². The van der Waals surface area contributed by atoms with Gasteiger partial charge < -0.3 is 14.4 Å². The van der Waals surface area contributed by atoms with Gasteiger partial charge in [0.25, 0.3) is 11.6 Å². The van der Waals surface area contributed by atoms with Crippen LogP contribution in [0.4, 0.5) is 5.69 Å². The average molecular weight is 423 g/mol. The Labute approximate surface area is 181 Å². The zero-order valence-electron chi connectivity index (χ0n) is 17.7. The van der Waals surface area contributed by atoms with Gasteiger partial charge in [0.2, 0.25) is 0 Å². The summed E-state index contributed by atoms with van der Waals surface area (Å²) in [7, 11) is 3.19. The zero-order chi connectivity index (χ0) is 22.4. The minimum atomic E-state index is -0.799. The second-order valence-electron chi connectivity index (χ2n) is 7.61. The summed E-state index contributed by atoms with van der Waals surface area (Å²) < 4.78 is 11.0. The van der Waals surface area contributed by atoms with Crippen LogP contribution in [0.15, 0.2) is 42.5 Å². The van der Waals surface area contributed by atoms with Crippen molar-refractivity contribution < 1.29 is 19.2 Å². The Bertz CT molecular complexity index is 991. The second kappa shape index (κ2) is 9.47. The number of nitro benzene ring substituents is 1. The molecule has 0 bridgehead atoms. The van der Waals surface area contributed by atoms with Gasteiger partial charge in [0.1, 0.15) is 17.0 Å². The molecule has 3 rings (SSSR count). The van der Waals surface area contributed by atoms with E-state index < -0.39 is 10.5 Å². The monoisotopic (exact) mass is 423 g/mol. The molecule has 0 aromatic heterocycles. The van der Waals surface area contributed by atoms with Crippen LogP contribution < -0.4 is 9.47 Å². The zero-order valence-corrected chi connectivity index (χ0v) is 17.7. The number of hydrogen-bond acceptors (Lipinski definition) is 6. The van der Waals surface area contributed by atoms with Crippen LogP contribution in [-0.4, -0.2) is 42.0 Å². The molecule has 31 heavy (non-hydrogen) atoms. The standard InChI is InChI=1S/C23H25N3O5/c1-25(23(16-24)12-4-3-5-13-23)22(27)15-31-21-11-8-18(26(28)29)14-20(21)17-6-9-19(30-2)10-7-17/h6-11,14H,3-5,12-13,15H2,1-2H3. The highest BCUT2D eigenvalue weighted by Gasteiger charge is 2.38. The Morgan fingerprint density at radius 2 is 1.87 bits per heavy atom. The number of amides is 1. The molecule has 2 aromatic rings. The number of non-ortho nitro benzene ring substituents is 1. The van der Waals surface area contributed by atoms with Gasteiger partial charge in [-0.1, -0.05) is 31.4 Å². The molecule has 0 saturated heterocycles. The molecule has 0 N–H and O–H groups in total. The van der Waals surface area contributed by atoms with Crippen LogP contribution in [0.5, 0.6) is 11.5 Å². The first-order valence-corrected chi connectivity index (χ1v) is 10.1. The van der Waals surface area contributed by atoms with Crippen LogP contribution in [0.2, 0.25) is 0 Å². The third kappa shape index (κ3) is 4.77. The number of carbonyl (C=O) groups excluding carboxylic acids is 1. The van der Waals surface area contributed by atoms with E-state index in [9.17, 15) is 20.2 Å². The van der Waals surface area contributed by atoms with Gasteiger partial charge in [-0.15, -0.1) is 0 Å². The topological polar surface area (TPSA) is 106 Å². The predicted molar refractivity (Wildman–Crippen MR) is 115 cm³/mol. The minimum absolute atomic E-state index is 0.0766. The third-order valence-corrected chi connectivity index (χ3v) is 5.83. The number of nitriles is 1. The van der Waals surface area contributed by atoms with E-state index in [1.165, 1.54) is 23.1 Å². The Balaban J connectivity index is 1.82. The van der Waals surface area contributed by atoms with Gasteiger partial charge in [-0.3, -0.25) is 14.9 Å². The fourth-order valence-electron chi connectivity index (χ4n) is 3.89. The lowest BCUT2D eigenvalue weighted by Crippen LogP contribution is -2.51. The smallest absolute Gasteiger partial charge is 0.270 e. The Hall–Kier alpha value is -3.60. The first-order valence-electron chi connectivity index (χ1n) is 10.1. The van der Waals surface area contributed by atoms with Gasteiger partial charge in [0.15, 0.2) is 6.61 Å². The number of rotatable bonds is 7. The largest absolute Gasteiger partial charge is 0.497 e.